The summed E-state index contributed by atoms with van der Waals surface area (Å²) in [6.07, 6.45) is 22.4. The summed E-state index contributed by atoms with van der Waals surface area (Å²) in [5.74, 6) is 0.264. The van der Waals surface area contributed by atoms with E-state index >= 15 is 0 Å². The van der Waals surface area contributed by atoms with Gasteiger partial charge in [0.15, 0.2) is 0 Å². The zero-order chi connectivity index (χ0) is 68.5. The summed E-state index contributed by atoms with van der Waals surface area (Å²) < 4.78 is 21.2. The first kappa shape index (κ1) is 73.8. The number of rotatable bonds is 17. The van der Waals surface area contributed by atoms with Crippen LogP contribution in [-0.4, -0.2) is 149 Å². The number of halogens is 1. The van der Waals surface area contributed by atoms with Crippen LogP contribution in [0.15, 0.2) is 79.3 Å². The normalized spacial score (nSPS) is 22.2. The van der Waals surface area contributed by atoms with Crippen molar-refractivity contribution in [2.45, 2.75) is 239 Å². The number of piperidine rings is 3. The quantitative estimate of drug-likeness (QED) is 0.106. The van der Waals surface area contributed by atoms with Crippen LogP contribution in [0.2, 0.25) is 0 Å². The molecule has 4 aromatic rings. The first-order valence-electron chi connectivity index (χ1n) is 36.9. The van der Waals surface area contributed by atoms with Crippen molar-refractivity contribution in [3.63, 3.8) is 0 Å². The number of likely N-dealkylation sites (N-methyl/N-ethyl adjacent to an activating group) is 1. The first-order chi connectivity index (χ1) is 45.0. The number of ether oxygens (including phenoxy) is 1. The van der Waals surface area contributed by atoms with Crippen molar-refractivity contribution in [2.75, 3.05) is 85.7 Å². The number of aromatic nitrogens is 2. The minimum absolute atomic E-state index is 0. The zero-order valence-electron chi connectivity index (χ0n) is 61.2. The molecule has 5 heterocycles. The van der Waals surface area contributed by atoms with E-state index in [9.17, 15) is 23.6 Å². The number of carbonyl (C=O) groups excluding carboxylic acids is 4. The Morgan fingerprint density at radius 1 is 0.653 bits per heavy atom. The maximum absolute atomic E-state index is 14.3. The maximum Gasteiger partial charge on any atom is 0.271 e. The molecule has 3 aliphatic carbocycles. The molecule has 4 atom stereocenters. The van der Waals surface area contributed by atoms with E-state index in [4.69, 9.17) is 4.74 Å². The number of methoxy groups -OCH3 is 1. The summed E-state index contributed by atoms with van der Waals surface area (Å²) in [4.78, 5) is 67.2. The lowest BCUT2D eigenvalue weighted by molar-refractivity contribution is -0.138. The Bertz CT molecular complexity index is 3200. The molecule has 0 radical (unpaired) electrons. The Hall–Kier alpha value is -5.48. The van der Waals surface area contributed by atoms with E-state index in [1.54, 1.807) is 30.3 Å². The van der Waals surface area contributed by atoms with Gasteiger partial charge in [-0.05, 0) is 259 Å². The molecule has 15 heteroatoms. The number of likely N-dealkylation sites (tertiary alicyclic amines) is 4. The lowest BCUT2D eigenvalue weighted by Crippen LogP contribution is -2.51. The molecular weight excluding hydrogens is 1190 g/mol. The lowest BCUT2D eigenvalue weighted by atomic mass is 9.63. The molecule has 1 aromatic heterocycles. The molecule has 0 saturated carbocycles. The van der Waals surface area contributed by atoms with Crippen LogP contribution in [0.3, 0.4) is 0 Å². The SMILES string of the molecule is CC(C)C[C@@H](C(=O)N[C@@H]1CCC2(CCN(CCC(C)(C)C)CC2)c2ccccc21)N1CCCC1=O.CCN(C(=O)COC)[C@H]1CCC2(CCN(CCC(C)(C)C)CC2)c2ccccc21.Cn1cnc(C(=O)N[C@@H]2CCC3(CCN(CCC(C)(C)C)CC3)c3cc(F)ccc32)c1.[HH].[HH]. The van der Waals surface area contributed by atoms with Crippen molar-refractivity contribution >= 4 is 23.6 Å². The van der Waals surface area contributed by atoms with Gasteiger partial charge >= 0.3 is 0 Å². The summed E-state index contributed by atoms with van der Waals surface area (Å²) >= 11 is 0. The molecule has 2 N–H and O–H groups in total. The number of carbonyl (C=O) groups is 4. The Kier molecular flexibility index (Phi) is 24.5. The third-order valence-electron chi connectivity index (χ3n) is 22.8. The van der Waals surface area contributed by atoms with E-state index < -0.39 is 0 Å². The fraction of sp³-hybridized carbons (Fsp3) is 0.688. The number of imidazole rings is 1. The zero-order valence-corrected chi connectivity index (χ0v) is 61.2. The van der Waals surface area contributed by atoms with Crippen molar-refractivity contribution in [1.82, 2.24) is 44.7 Å². The van der Waals surface area contributed by atoms with E-state index in [-0.39, 0.29) is 79.3 Å². The maximum atomic E-state index is 14.3. The number of fused-ring (bicyclic) bond motifs is 6. The predicted molar refractivity (Wildman–Crippen MR) is 386 cm³/mol. The van der Waals surface area contributed by atoms with Crippen molar-refractivity contribution < 1.29 is 31.2 Å². The van der Waals surface area contributed by atoms with E-state index in [2.05, 4.69) is 162 Å². The number of hydrogen-bond donors (Lipinski definition) is 2. The van der Waals surface area contributed by atoms with Crippen LogP contribution < -0.4 is 10.6 Å². The minimum atomic E-state index is -0.348. The van der Waals surface area contributed by atoms with E-state index in [1.807, 2.05) is 22.9 Å². The average molecular weight is 1310 g/mol. The van der Waals surface area contributed by atoms with Crippen LogP contribution >= 0.6 is 0 Å². The molecule has 3 spiro atoms. The highest BCUT2D eigenvalue weighted by atomic mass is 19.1. The van der Waals surface area contributed by atoms with Gasteiger partial charge in [-0.2, -0.15) is 0 Å². The molecule has 14 nitrogen and oxygen atoms in total. The van der Waals surface area contributed by atoms with Crippen LogP contribution in [0.5, 0.6) is 0 Å². The highest BCUT2D eigenvalue weighted by Crippen LogP contribution is 2.52. The molecule has 0 bridgehead atoms. The Morgan fingerprint density at radius 2 is 1.13 bits per heavy atom. The van der Waals surface area contributed by atoms with Crippen LogP contribution in [0, 0.1) is 28.0 Å². The summed E-state index contributed by atoms with van der Waals surface area (Å²) in [6.45, 7) is 39.1. The monoisotopic (exact) mass is 1310 g/mol. The van der Waals surface area contributed by atoms with Gasteiger partial charge in [-0.3, -0.25) is 19.2 Å². The van der Waals surface area contributed by atoms with Crippen molar-refractivity contribution in [3.05, 3.63) is 124 Å². The van der Waals surface area contributed by atoms with Crippen LogP contribution in [0.4, 0.5) is 4.39 Å². The second-order valence-corrected chi connectivity index (χ2v) is 33.8. The van der Waals surface area contributed by atoms with Gasteiger partial charge in [-0.25, -0.2) is 9.37 Å². The molecule has 3 aromatic carbocycles. The number of hydrogen-bond acceptors (Lipinski definition) is 9. The van der Waals surface area contributed by atoms with E-state index in [0.29, 0.717) is 40.8 Å². The van der Waals surface area contributed by atoms with Gasteiger partial charge in [0.05, 0.1) is 24.5 Å². The molecule has 4 amide bonds. The third-order valence-corrected chi connectivity index (χ3v) is 22.8. The largest absolute Gasteiger partial charge is 0.375 e. The summed E-state index contributed by atoms with van der Waals surface area (Å²) in [5.41, 5.74) is 9.85. The van der Waals surface area contributed by atoms with Crippen molar-refractivity contribution in [1.29, 1.82) is 0 Å². The smallest absolute Gasteiger partial charge is 0.271 e. The highest BCUT2D eigenvalue weighted by molar-refractivity contribution is 5.92. The van der Waals surface area contributed by atoms with Crippen LogP contribution in [-0.2, 0) is 42.4 Å². The molecule has 7 aliphatic rings. The highest BCUT2D eigenvalue weighted by Gasteiger charge is 2.47. The molecular formula is C80H126FN9O5. The number of amides is 4. The van der Waals surface area contributed by atoms with Gasteiger partial charge in [-0.15, -0.1) is 0 Å². The second-order valence-electron chi connectivity index (χ2n) is 33.8. The number of nitrogens with one attached hydrogen (secondary N) is 2. The van der Waals surface area contributed by atoms with Gasteiger partial charge < -0.3 is 44.4 Å². The fourth-order valence-corrected chi connectivity index (χ4v) is 16.9. The molecule has 4 fully saturated rings. The number of aryl methyl sites for hydroxylation is 1. The Morgan fingerprint density at radius 3 is 1.59 bits per heavy atom. The topological polar surface area (TPSA) is 136 Å². The molecule has 528 valence electrons. The number of nitrogens with zero attached hydrogens (tertiary/aromatic N) is 7. The van der Waals surface area contributed by atoms with Gasteiger partial charge in [0.2, 0.25) is 17.7 Å². The second kappa shape index (κ2) is 31.6. The third kappa shape index (κ3) is 18.8. The first-order valence-corrected chi connectivity index (χ1v) is 36.9. The molecule has 11 rings (SSSR count). The summed E-state index contributed by atoms with van der Waals surface area (Å²) in [5, 5.41) is 6.55. The standard InChI is InChI=1S/C30H47N3O2.C25H35FN4O.C25H40N2O2.2H2/c1-22(2)21-26(33-17-8-11-27(33)34)28(35)31-25-12-13-30(24-10-7-6-9-23(24)25)15-19-32(20-16-30)18-14-29(3,4)5;1-24(2,3)9-12-30-13-10-25(11-14-30)8-7-21(19-6-5-18(26)15-20(19)25)28-23(31)22-16-29(4)17-27-22;1-6-27(23(28)19-29-5)22-11-12-25(21-10-8-7-9-20(21)22)14-17-26(18-15-25)16-13-24(2,3)4;;/h6-7,9-10,22,25-26H,8,11-21H2,1-5H3,(H,31,35);5-6,15-17,21H,7-14H2,1-4H3,(H,28,31);7-10,22H,6,11-19H2,1-5H3;2*1H/t25-,26+;21-;22-;;/m110../s1. The van der Waals surface area contributed by atoms with Gasteiger partial charge in [0, 0.05) is 42.7 Å². The molecule has 95 heavy (non-hydrogen) atoms. The predicted octanol–water partition coefficient (Wildman–Crippen LogP) is 15.3. The molecule has 0 unspecified atom stereocenters. The number of benzene rings is 3. The van der Waals surface area contributed by atoms with Crippen LogP contribution in [0.25, 0.3) is 0 Å². The Balaban J connectivity index is 0.000000204. The van der Waals surface area contributed by atoms with Gasteiger partial charge in [0.1, 0.15) is 24.2 Å². The molecule has 4 aliphatic heterocycles. The van der Waals surface area contributed by atoms with Crippen molar-refractivity contribution in [3.8, 4) is 0 Å². The van der Waals surface area contributed by atoms with Gasteiger partial charge in [0.25, 0.3) is 5.91 Å². The van der Waals surface area contributed by atoms with E-state index in [1.165, 1.54) is 106 Å². The molecule has 4 saturated heterocycles. The Labute approximate surface area is 575 Å². The van der Waals surface area contributed by atoms with Crippen LogP contribution in [0.1, 0.15) is 264 Å². The summed E-state index contributed by atoms with van der Waals surface area (Å²) in [7, 11) is 3.45. The summed E-state index contributed by atoms with van der Waals surface area (Å²) in [6, 6.07) is 22.6. The average Bonchev–Trinajstić information content (AvgIpc) is 1.10. The minimum Gasteiger partial charge on any atom is -0.375 e. The van der Waals surface area contributed by atoms with Crippen molar-refractivity contribution in [2.24, 2.45) is 29.2 Å². The van der Waals surface area contributed by atoms with Gasteiger partial charge in [-0.1, -0.05) is 131 Å². The van der Waals surface area contributed by atoms with E-state index in [0.717, 1.165) is 108 Å². The fourth-order valence-electron chi connectivity index (χ4n) is 16.9. The lowest BCUT2D eigenvalue weighted by Gasteiger charge is -2.49.